The smallest absolute Gasteiger partial charge is 0.135 e. The Morgan fingerprint density at radius 1 is 0.913 bits per heavy atom. The van der Waals surface area contributed by atoms with Gasteiger partial charge in [-0.15, -0.1) is 0 Å². The lowest BCUT2D eigenvalue weighted by Crippen LogP contribution is -2.16. The van der Waals surface area contributed by atoms with Crippen LogP contribution in [0, 0.1) is 0 Å². The van der Waals surface area contributed by atoms with E-state index in [0.717, 1.165) is 30.0 Å². The summed E-state index contributed by atoms with van der Waals surface area (Å²) in [5.74, 6) is 1.64. The summed E-state index contributed by atoms with van der Waals surface area (Å²) < 4.78 is 5.85. The predicted molar refractivity (Wildman–Crippen MR) is 96.0 cm³/mol. The van der Waals surface area contributed by atoms with Gasteiger partial charge in [0.2, 0.25) is 0 Å². The Bertz CT molecular complexity index is 768. The highest BCUT2D eigenvalue weighted by molar-refractivity contribution is 6.36. The second-order valence-electron chi connectivity index (χ2n) is 5.30. The average Bonchev–Trinajstić information content (AvgIpc) is 3.01. The maximum Gasteiger partial charge on any atom is 0.135 e. The first-order valence-corrected chi connectivity index (χ1v) is 8.27. The second kappa shape index (κ2) is 7.69. The summed E-state index contributed by atoms with van der Waals surface area (Å²) in [5.41, 5.74) is 2.18. The minimum atomic E-state index is 0.593. The van der Waals surface area contributed by atoms with Gasteiger partial charge in [-0.25, -0.2) is 0 Å². The van der Waals surface area contributed by atoms with E-state index in [1.54, 1.807) is 6.07 Å². The molecule has 2 nitrogen and oxygen atoms in total. The Labute approximate surface area is 146 Å². The van der Waals surface area contributed by atoms with E-state index in [1.165, 1.54) is 5.56 Å². The van der Waals surface area contributed by atoms with Crippen LogP contribution in [0.5, 0.6) is 0 Å². The van der Waals surface area contributed by atoms with Crippen LogP contribution in [-0.2, 0) is 13.0 Å². The van der Waals surface area contributed by atoms with Gasteiger partial charge in [-0.1, -0.05) is 53.5 Å². The maximum atomic E-state index is 6.21. The highest BCUT2D eigenvalue weighted by Crippen LogP contribution is 2.31. The number of nitrogens with one attached hydrogen (secondary N) is 1. The van der Waals surface area contributed by atoms with Crippen LogP contribution in [0.3, 0.4) is 0 Å². The van der Waals surface area contributed by atoms with Crippen molar-refractivity contribution in [2.24, 2.45) is 0 Å². The van der Waals surface area contributed by atoms with Crippen molar-refractivity contribution >= 4 is 23.2 Å². The molecule has 3 aromatic rings. The molecule has 0 saturated heterocycles. The van der Waals surface area contributed by atoms with Crippen molar-refractivity contribution in [3.8, 4) is 11.3 Å². The maximum absolute atomic E-state index is 6.21. The highest BCUT2D eigenvalue weighted by atomic mass is 35.5. The second-order valence-corrected chi connectivity index (χ2v) is 6.15. The van der Waals surface area contributed by atoms with Crippen molar-refractivity contribution in [1.82, 2.24) is 5.32 Å². The van der Waals surface area contributed by atoms with Crippen LogP contribution in [0.15, 0.2) is 65.1 Å². The molecule has 0 saturated carbocycles. The molecule has 1 heterocycles. The lowest BCUT2D eigenvalue weighted by molar-refractivity contribution is 0.495. The molecular weight excluding hydrogens is 329 g/mol. The first-order chi connectivity index (χ1) is 11.2. The van der Waals surface area contributed by atoms with Crippen molar-refractivity contribution in [3.63, 3.8) is 0 Å². The van der Waals surface area contributed by atoms with E-state index in [9.17, 15) is 0 Å². The molecule has 2 aromatic carbocycles. The van der Waals surface area contributed by atoms with E-state index in [0.29, 0.717) is 16.6 Å². The van der Waals surface area contributed by atoms with Crippen LogP contribution in [0.2, 0.25) is 10.0 Å². The first-order valence-electron chi connectivity index (χ1n) is 7.51. The van der Waals surface area contributed by atoms with Crippen molar-refractivity contribution in [2.75, 3.05) is 6.54 Å². The molecule has 0 bridgehead atoms. The fraction of sp³-hybridized carbons (Fsp3) is 0.158. The summed E-state index contributed by atoms with van der Waals surface area (Å²) in [6.45, 7) is 1.60. The third-order valence-corrected chi connectivity index (χ3v) is 4.14. The van der Waals surface area contributed by atoms with Crippen LogP contribution < -0.4 is 5.32 Å². The molecule has 0 fully saturated rings. The lowest BCUT2D eigenvalue weighted by Gasteiger charge is -2.04. The Morgan fingerprint density at radius 2 is 1.74 bits per heavy atom. The third kappa shape index (κ3) is 4.38. The molecule has 0 aliphatic rings. The van der Waals surface area contributed by atoms with Gasteiger partial charge in [-0.3, -0.25) is 0 Å². The summed E-state index contributed by atoms with van der Waals surface area (Å²) >= 11 is 12.1. The topological polar surface area (TPSA) is 25.2 Å². The summed E-state index contributed by atoms with van der Waals surface area (Å²) in [4.78, 5) is 0. The van der Waals surface area contributed by atoms with Gasteiger partial charge < -0.3 is 9.73 Å². The Morgan fingerprint density at radius 3 is 2.52 bits per heavy atom. The molecule has 118 valence electrons. The van der Waals surface area contributed by atoms with Crippen LogP contribution >= 0.6 is 23.2 Å². The highest BCUT2D eigenvalue weighted by Gasteiger charge is 2.09. The largest absolute Gasteiger partial charge is 0.460 e. The molecule has 0 amide bonds. The molecule has 0 aliphatic heterocycles. The number of benzene rings is 2. The van der Waals surface area contributed by atoms with E-state index < -0.39 is 0 Å². The molecule has 0 unspecified atom stereocenters. The van der Waals surface area contributed by atoms with Crippen LogP contribution in [0.4, 0.5) is 0 Å². The summed E-state index contributed by atoms with van der Waals surface area (Å²) in [5, 5.41) is 4.60. The zero-order valence-electron chi connectivity index (χ0n) is 12.6. The fourth-order valence-electron chi connectivity index (χ4n) is 2.40. The monoisotopic (exact) mass is 345 g/mol. The summed E-state index contributed by atoms with van der Waals surface area (Å²) in [6.07, 6.45) is 0.997. The van der Waals surface area contributed by atoms with Crippen molar-refractivity contribution in [2.45, 2.75) is 13.0 Å². The minimum Gasteiger partial charge on any atom is -0.460 e. The predicted octanol–water partition coefficient (Wildman–Crippen LogP) is 5.59. The van der Waals surface area contributed by atoms with Crippen LogP contribution in [0.1, 0.15) is 11.3 Å². The number of hydrogen-bond donors (Lipinski definition) is 1. The van der Waals surface area contributed by atoms with E-state index in [1.807, 2.05) is 30.3 Å². The van der Waals surface area contributed by atoms with Gasteiger partial charge in [0.25, 0.3) is 0 Å². The van der Waals surface area contributed by atoms with Crippen molar-refractivity contribution < 1.29 is 4.42 Å². The standard InChI is InChI=1S/C19H17Cl2NO/c20-15-6-8-17(18(21)12-15)19-9-7-16(23-19)13-22-11-10-14-4-2-1-3-5-14/h1-9,12,22H,10-11,13H2. The SMILES string of the molecule is Clc1ccc(-c2ccc(CNCCc3ccccc3)o2)c(Cl)c1. The van der Waals surface area contributed by atoms with E-state index >= 15 is 0 Å². The molecule has 3 rings (SSSR count). The fourth-order valence-corrected chi connectivity index (χ4v) is 2.90. The number of rotatable bonds is 6. The quantitative estimate of drug-likeness (QED) is 0.589. The van der Waals surface area contributed by atoms with Crippen LogP contribution in [0.25, 0.3) is 11.3 Å². The third-order valence-electron chi connectivity index (χ3n) is 3.59. The molecule has 23 heavy (non-hydrogen) atoms. The molecule has 1 aromatic heterocycles. The molecule has 0 atom stereocenters. The zero-order chi connectivity index (χ0) is 16.1. The average molecular weight is 346 g/mol. The van der Waals surface area contributed by atoms with E-state index in [2.05, 4.69) is 29.6 Å². The summed E-state index contributed by atoms with van der Waals surface area (Å²) in [6, 6.07) is 19.7. The van der Waals surface area contributed by atoms with Crippen LogP contribution in [-0.4, -0.2) is 6.54 Å². The minimum absolute atomic E-state index is 0.593. The van der Waals surface area contributed by atoms with Gasteiger partial charge in [-0.2, -0.15) is 0 Å². The van der Waals surface area contributed by atoms with Gasteiger partial charge in [0, 0.05) is 10.6 Å². The van der Waals surface area contributed by atoms with Gasteiger partial charge in [-0.05, 0) is 48.9 Å². The molecule has 4 heteroatoms. The van der Waals surface area contributed by atoms with Gasteiger partial charge in [0.1, 0.15) is 11.5 Å². The number of halogens is 2. The van der Waals surface area contributed by atoms with Crippen molar-refractivity contribution in [3.05, 3.63) is 82.0 Å². The number of furan rings is 1. The summed E-state index contributed by atoms with van der Waals surface area (Å²) in [7, 11) is 0. The molecule has 0 spiro atoms. The molecule has 0 radical (unpaired) electrons. The van der Waals surface area contributed by atoms with Gasteiger partial charge in [0.15, 0.2) is 0 Å². The molecule has 1 N–H and O–H groups in total. The van der Waals surface area contributed by atoms with Gasteiger partial charge >= 0.3 is 0 Å². The Hall–Kier alpha value is -1.74. The van der Waals surface area contributed by atoms with E-state index in [4.69, 9.17) is 27.6 Å². The normalized spacial score (nSPS) is 10.9. The van der Waals surface area contributed by atoms with E-state index in [-0.39, 0.29) is 0 Å². The van der Waals surface area contributed by atoms with Crippen molar-refractivity contribution in [1.29, 1.82) is 0 Å². The number of hydrogen-bond acceptors (Lipinski definition) is 2. The Kier molecular flexibility index (Phi) is 5.39. The lowest BCUT2D eigenvalue weighted by atomic mass is 10.1. The Balaban J connectivity index is 1.55. The molecule has 0 aliphatic carbocycles. The molecular formula is C19H17Cl2NO. The van der Waals surface area contributed by atoms with Gasteiger partial charge in [0.05, 0.1) is 11.6 Å². The first kappa shape index (κ1) is 16.1. The zero-order valence-corrected chi connectivity index (χ0v) is 14.1.